The van der Waals surface area contributed by atoms with Crippen molar-refractivity contribution in [2.75, 3.05) is 0 Å². The maximum absolute atomic E-state index is 4.61. The van der Waals surface area contributed by atoms with Crippen LogP contribution in [0.3, 0.4) is 0 Å². The molecule has 0 fully saturated rings. The van der Waals surface area contributed by atoms with Crippen LogP contribution in [-0.4, -0.2) is 34.6 Å². The van der Waals surface area contributed by atoms with Gasteiger partial charge < -0.3 is 0 Å². The Balaban J connectivity index is 1.58. The number of nitrogens with zero attached hydrogens (tertiary/aromatic N) is 7. The molecule has 1 aromatic carbocycles. The van der Waals surface area contributed by atoms with Crippen LogP contribution in [0.4, 0.5) is 0 Å². The molecule has 5 rings (SSSR count). The van der Waals surface area contributed by atoms with Gasteiger partial charge in [-0.25, -0.2) is 0 Å². The number of aromatic nitrogens is 7. The molecular formula is C21H19N7. The second kappa shape index (κ2) is 6.23. The summed E-state index contributed by atoms with van der Waals surface area (Å²) in [4.78, 5) is 4.61. The van der Waals surface area contributed by atoms with Gasteiger partial charge >= 0.3 is 0 Å². The van der Waals surface area contributed by atoms with Crippen molar-refractivity contribution in [2.24, 2.45) is 7.05 Å². The number of rotatable bonds is 3. The number of aryl methyl sites for hydroxylation is 2. The van der Waals surface area contributed by atoms with Crippen LogP contribution < -0.4 is 0 Å². The summed E-state index contributed by atoms with van der Waals surface area (Å²) in [5.74, 6) is 0.880. The Bertz CT molecular complexity index is 1320. The zero-order valence-corrected chi connectivity index (χ0v) is 15.9. The first-order valence-electron chi connectivity index (χ1n) is 9.16. The maximum Gasteiger partial charge on any atom is 0.177 e. The fraction of sp³-hybridized carbons (Fsp3) is 0.190. The van der Waals surface area contributed by atoms with Gasteiger partial charge in [-0.05, 0) is 42.8 Å². The van der Waals surface area contributed by atoms with Gasteiger partial charge in [-0.1, -0.05) is 13.0 Å². The van der Waals surface area contributed by atoms with E-state index in [1.807, 2.05) is 49.2 Å². The highest BCUT2D eigenvalue weighted by molar-refractivity contribution is 5.84. The van der Waals surface area contributed by atoms with Crippen molar-refractivity contribution in [2.45, 2.75) is 19.8 Å². The van der Waals surface area contributed by atoms with Crippen LogP contribution in [0.15, 0.2) is 55.0 Å². The highest BCUT2D eigenvalue weighted by Gasteiger charge is 2.17. The van der Waals surface area contributed by atoms with E-state index < -0.39 is 0 Å². The average Bonchev–Trinajstić information content (AvgIpc) is 3.32. The quantitative estimate of drug-likeness (QED) is 0.486. The van der Waals surface area contributed by atoms with Gasteiger partial charge in [0.05, 0.1) is 17.4 Å². The first-order chi connectivity index (χ1) is 13.6. The van der Waals surface area contributed by atoms with Crippen LogP contribution in [0.2, 0.25) is 0 Å². The lowest BCUT2D eigenvalue weighted by Gasteiger charge is -2.11. The summed E-state index contributed by atoms with van der Waals surface area (Å²) < 4.78 is 3.62. The lowest BCUT2D eigenvalue weighted by molar-refractivity contribution is 0.743. The fourth-order valence-corrected chi connectivity index (χ4v) is 3.46. The molecule has 1 unspecified atom stereocenters. The van der Waals surface area contributed by atoms with E-state index in [0.717, 1.165) is 44.8 Å². The van der Waals surface area contributed by atoms with Crippen molar-refractivity contribution in [1.82, 2.24) is 34.6 Å². The molecule has 138 valence electrons. The van der Waals surface area contributed by atoms with Gasteiger partial charge in [0.1, 0.15) is 0 Å². The number of hydrogen-bond acceptors (Lipinski definition) is 5. The molecule has 0 bridgehead atoms. The van der Waals surface area contributed by atoms with Crippen LogP contribution in [0.25, 0.3) is 27.7 Å². The zero-order chi connectivity index (χ0) is 19.3. The normalized spacial score (nSPS) is 12.7. The molecule has 4 aromatic heterocycles. The van der Waals surface area contributed by atoms with Crippen molar-refractivity contribution in [3.8, 4) is 11.1 Å². The smallest absolute Gasteiger partial charge is 0.177 e. The van der Waals surface area contributed by atoms with E-state index in [9.17, 15) is 0 Å². The minimum absolute atomic E-state index is 0.0516. The summed E-state index contributed by atoms with van der Waals surface area (Å²) in [5, 5.41) is 18.5. The van der Waals surface area contributed by atoms with Gasteiger partial charge in [-0.3, -0.25) is 9.67 Å². The topological polar surface area (TPSA) is 73.8 Å². The van der Waals surface area contributed by atoms with Gasteiger partial charge in [0.25, 0.3) is 0 Å². The van der Waals surface area contributed by atoms with Gasteiger partial charge in [-0.15, -0.1) is 10.2 Å². The van der Waals surface area contributed by atoms with Crippen molar-refractivity contribution in [3.05, 3.63) is 72.1 Å². The van der Waals surface area contributed by atoms with Crippen LogP contribution in [-0.2, 0) is 7.05 Å². The van der Waals surface area contributed by atoms with E-state index in [1.165, 1.54) is 0 Å². The summed E-state index contributed by atoms with van der Waals surface area (Å²) in [5.41, 5.74) is 5.91. The number of benzene rings is 1. The standard InChI is InChI=1S/C21H19N7/c1-13-4-7-20-24-25-21(28(20)26-13)14(2)15-5-6-19-16(8-15)9-17(10-22-19)18-11-23-27(3)12-18/h4-12,14H,1-3H3. The highest BCUT2D eigenvalue weighted by atomic mass is 15.4. The lowest BCUT2D eigenvalue weighted by atomic mass is 9.98. The minimum atomic E-state index is 0.0516. The first kappa shape index (κ1) is 16.6. The Hall–Kier alpha value is -3.61. The first-order valence-corrected chi connectivity index (χ1v) is 9.16. The van der Waals surface area contributed by atoms with E-state index in [4.69, 9.17) is 0 Å². The summed E-state index contributed by atoms with van der Waals surface area (Å²) in [6.45, 7) is 4.09. The average molecular weight is 369 g/mol. The molecule has 0 amide bonds. The molecule has 7 heteroatoms. The third-order valence-corrected chi connectivity index (χ3v) is 5.05. The SMILES string of the molecule is Cc1ccc2nnc(C(C)c3ccc4ncc(-c5cnn(C)c5)cc4c3)n2n1. The predicted molar refractivity (Wildman–Crippen MR) is 107 cm³/mol. The molecule has 0 aliphatic carbocycles. The molecule has 0 saturated carbocycles. The van der Waals surface area contributed by atoms with E-state index in [1.54, 1.807) is 4.68 Å². The van der Waals surface area contributed by atoms with Gasteiger partial charge in [-0.2, -0.15) is 14.7 Å². The van der Waals surface area contributed by atoms with E-state index in [-0.39, 0.29) is 5.92 Å². The predicted octanol–water partition coefficient (Wildman–Crippen LogP) is 3.53. The summed E-state index contributed by atoms with van der Waals surface area (Å²) in [7, 11) is 1.91. The molecule has 0 aliphatic rings. The van der Waals surface area contributed by atoms with Crippen molar-refractivity contribution in [1.29, 1.82) is 0 Å². The van der Waals surface area contributed by atoms with Crippen molar-refractivity contribution in [3.63, 3.8) is 0 Å². The van der Waals surface area contributed by atoms with E-state index in [0.29, 0.717) is 0 Å². The highest BCUT2D eigenvalue weighted by Crippen LogP contribution is 2.28. The lowest BCUT2D eigenvalue weighted by Crippen LogP contribution is -2.05. The maximum atomic E-state index is 4.61. The molecule has 28 heavy (non-hydrogen) atoms. The summed E-state index contributed by atoms with van der Waals surface area (Å²) in [6, 6.07) is 12.4. The molecule has 0 N–H and O–H groups in total. The van der Waals surface area contributed by atoms with Crippen molar-refractivity contribution < 1.29 is 0 Å². The van der Waals surface area contributed by atoms with Gasteiger partial charge in [0, 0.05) is 41.9 Å². The van der Waals surface area contributed by atoms with Crippen LogP contribution in [0, 0.1) is 6.92 Å². The summed E-state index contributed by atoms with van der Waals surface area (Å²) in [6.07, 6.45) is 5.73. The van der Waals surface area contributed by atoms with Crippen molar-refractivity contribution >= 4 is 16.6 Å². The number of fused-ring (bicyclic) bond motifs is 2. The largest absolute Gasteiger partial charge is 0.275 e. The molecule has 4 heterocycles. The van der Waals surface area contributed by atoms with Gasteiger partial charge in [0.2, 0.25) is 0 Å². The Labute approximate surface area is 161 Å². The molecular weight excluding hydrogens is 350 g/mol. The number of hydrogen-bond donors (Lipinski definition) is 0. The monoisotopic (exact) mass is 369 g/mol. The molecule has 0 radical (unpaired) electrons. The van der Waals surface area contributed by atoms with Gasteiger partial charge in [0.15, 0.2) is 11.5 Å². The molecule has 5 aromatic rings. The molecule has 1 atom stereocenters. The molecule has 0 saturated heterocycles. The van der Waals surface area contributed by atoms with E-state index in [2.05, 4.69) is 56.6 Å². The fourth-order valence-electron chi connectivity index (χ4n) is 3.46. The Morgan fingerprint density at radius 2 is 1.86 bits per heavy atom. The Kier molecular flexibility index (Phi) is 3.68. The minimum Gasteiger partial charge on any atom is -0.275 e. The molecule has 0 aliphatic heterocycles. The van der Waals surface area contributed by atoms with E-state index >= 15 is 0 Å². The second-order valence-corrected chi connectivity index (χ2v) is 7.10. The van der Waals surface area contributed by atoms with Crippen LogP contribution >= 0.6 is 0 Å². The van der Waals surface area contributed by atoms with Crippen LogP contribution in [0.1, 0.15) is 29.9 Å². The summed E-state index contributed by atoms with van der Waals surface area (Å²) >= 11 is 0. The Morgan fingerprint density at radius 3 is 2.68 bits per heavy atom. The zero-order valence-electron chi connectivity index (χ0n) is 15.9. The Morgan fingerprint density at radius 1 is 0.964 bits per heavy atom. The number of pyridine rings is 1. The third-order valence-electron chi connectivity index (χ3n) is 5.05. The van der Waals surface area contributed by atoms with Crippen LogP contribution in [0.5, 0.6) is 0 Å². The molecule has 7 nitrogen and oxygen atoms in total. The third kappa shape index (κ3) is 2.72. The second-order valence-electron chi connectivity index (χ2n) is 7.10. The molecule has 0 spiro atoms.